The fourth-order valence-electron chi connectivity index (χ4n) is 4.47. The Hall–Kier alpha value is -3.73. The molecule has 1 aliphatic rings. The van der Waals surface area contributed by atoms with E-state index in [1.165, 1.54) is 6.20 Å². The lowest BCUT2D eigenvalue weighted by atomic mass is 10.0. The molecule has 0 amide bonds. The highest BCUT2D eigenvalue weighted by atomic mass is 19.4. The molecule has 1 atom stereocenters. The number of rotatable bonds is 4. The van der Waals surface area contributed by atoms with Gasteiger partial charge in [0.1, 0.15) is 11.5 Å². The molecule has 0 aliphatic carbocycles. The first-order valence-electron chi connectivity index (χ1n) is 11.2. The van der Waals surface area contributed by atoms with Crippen molar-refractivity contribution in [2.75, 3.05) is 24.7 Å². The molecule has 0 saturated carbocycles. The summed E-state index contributed by atoms with van der Waals surface area (Å²) in [6, 6.07) is 12.0. The van der Waals surface area contributed by atoms with Crippen LogP contribution in [0.3, 0.4) is 0 Å². The number of benzene rings is 2. The predicted octanol–water partition coefficient (Wildman–Crippen LogP) is 5.18. The Balaban J connectivity index is 1.56. The Labute approximate surface area is 202 Å². The van der Waals surface area contributed by atoms with Gasteiger partial charge >= 0.3 is 6.18 Å². The van der Waals surface area contributed by atoms with Gasteiger partial charge in [-0.2, -0.15) is 18.3 Å². The fraction of sp³-hybridized carbons (Fsp3) is 0.280. The van der Waals surface area contributed by atoms with Crippen molar-refractivity contribution in [3.8, 4) is 11.4 Å². The molecule has 0 radical (unpaired) electrons. The van der Waals surface area contributed by atoms with Crippen LogP contribution in [0.25, 0.3) is 16.6 Å². The molecular weight excluding hydrogens is 483 g/mol. The van der Waals surface area contributed by atoms with Crippen LogP contribution in [0.2, 0.25) is 0 Å². The Morgan fingerprint density at radius 3 is 2.58 bits per heavy atom. The summed E-state index contributed by atoms with van der Waals surface area (Å²) in [5.41, 5.74) is -0.780. The van der Waals surface area contributed by atoms with E-state index in [1.807, 2.05) is 30.3 Å². The van der Waals surface area contributed by atoms with E-state index in [-0.39, 0.29) is 11.6 Å². The minimum atomic E-state index is -5.14. The van der Waals surface area contributed by atoms with Gasteiger partial charge in [0.25, 0.3) is 0 Å². The lowest BCUT2D eigenvalue weighted by molar-refractivity contribution is -0.140. The third-order valence-corrected chi connectivity index (χ3v) is 6.26. The second-order valence-corrected chi connectivity index (χ2v) is 8.59. The van der Waals surface area contributed by atoms with E-state index >= 15 is 0 Å². The molecule has 3 heterocycles. The summed E-state index contributed by atoms with van der Waals surface area (Å²) in [6.07, 6.45) is -3.04. The molecule has 1 fully saturated rings. The standard InChI is InChI=1S/C25H21F5N4O2/c1-14-17-10-21(33-7-8-36-13-16(33)9-15-5-3-2-4-6-15)31-12-20(17)34(32-14)19-11-18(25(28,29)30)22(26)24(35)23(19)27/h2-6,10-12,16,35H,7-9,13H2,1H3. The number of ether oxygens (including phenoxy) is 1. The smallest absolute Gasteiger partial charge is 0.419 e. The Morgan fingerprint density at radius 2 is 1.86 bits per heavy atom. The summed E-state index contributed by atoms with van der Waals surface area (Å²) in [7, 11) is 0. The number of fused-ring (bicyclic) bond motifs is 1. The van der Waals surface area contributed by atoms with Crippen molar-refractivity contribution < 1.29 is 31.8 Å². The largest absolute Gasteiger partial charge is 0.503 e. The highest BCUT2D eigenvalue weighted by Crippen LogP contribution is 2.39. The summed E-state index contributed by atoms with van der Waals surface area (Å²) in [4.78, 5) is 6.59. The van der Waals surface area contributed by atoms with Crippen LogP contribution in [-0.4, -0.2) is 45.7 Å². The van der Waals surface area contributed by atoms with Crippen LogP contribution in [0.1, 0.15) is 16.8 Å². The second-order valence-electron chi connectivity index (χ2n) is 8.59. The van der Waals surface area contributed by atoms with Gasteiger partial charge in [0, 0.05) is 11.9 Å². The fourth-order valence-corrected chi connectivity index (χ4v) is 4.47. The number of phenols is 1. The number of aromatic nitrogens is 3. The molecule has 0 bridgehead atoms. The van der Waals surface area contributed by atoms with E-state index in [1.54, 1.807) is 13.0 Å². The summed E-state index contributed by atoms with van der Waals surface area (Å²) >= 11 is 0. The van der Waals surface area contributed by atoms with Crippen molar-refractivity contribution >= 4 is 16.7 Å². The van der Waals surface area contributed by atoms with Crippen molar-refractivity contribution in [3.63, 3.8) is 0 Å². The molecule has 5 rings (SSSR count). The lowest BCUT2D eigenvalue weighted by Gasteiger charge is -2.36. The normalized spacial score (nSPS) is 16.6. The molecule has 11 heteroatoms. The number of anilines is 1. The van der Waals surface area contributed by atoms with E-state index in [0.717, 1.165) is 16.7 Å². The first-order valence-corrected chi connectivity index (χ1v) is 11.2. The molecule has 1 aliphatic heterocycles. The summed E-state index contributed by atoms with van der Waals surface area (Å²) in [6.45, 7) is 3.20. The van der Waals surface area contributed by atoms with Gasteiger partial charge in [0.2, 0.25) is 0 Å². The zero-order valence-electron chi connectivity index (χ0n) is 19.1. The van der Waals surface area contributed by atoms with Gasteiger partial charge in [-0.1, -0.05) is 30.3 Å². The number of alkyl halides is 3. The molecule has 1 saturated heterocycles. The molecule has 1 N–H and O–H groups in total. The minimum absolute atomic E-state index is 0.00212. The number of pyridine rings is 1. The van der Waals surface area contributed by atoms with Gasteiger partial charge in [0.15, 0.2) is 17.4 Å². The van der Waals surface area contributed by atoms with Crippen LogP contribution < -0.4 is 4.90 Å². The number of morpholine rings is 1. The number of hydrogen-bond acceptors (Lipinski definition) is 5. The molecule has 2 aromatic carbocycles. The average Bonchev–Trinajstić information content (AvgIpc) is 3.18. The molecular formula is C25H21F5N4O2. The van der Waals surface area contributed by atoms with Crippen molar-refractivity contribution in [1.82, 2.24) is 14.8 Å². The first-order chi connectivity index (χ1) is 17.1. The van der Waals surface area contributed by atoms with Gasteiger partial charge in [-0.3, -0.25) is 0 Å². The highest BCUT2D eigenvalue weighted by Gasteiger charge is 2.38. The van der Waals surface area contributed by atoms with E-state index < -0.39 is 34.8 Å². The van der Waals surface area contributed by atoms with Crippen LogP contribution in [0.4, 0.5) is 27.8 Å². The maximum atomic E-state index is 14.7. The topological polar surface area (TPSA) is 63.4 Å². The van der Waals surface area contributed by atoms with E-state index in [2.05, 4.69) is 15.0 Å². The number of aromatic hydroxyl groups is 1. The average molecular weight is 504 g/mol. The van der Waals surface area contributed by atoms with Crippen molar-refractivity contribution in [3.05, 3.63) is 77.1 Å². The van der Waals surface area contributed by atoms with Crippen LogP contribution in [-0.2, 0) is 17.3 Å². The number of aryl methyl sites for hydroxylation is 1. The van der Waals surface area contributed by atoms with Gasteiger partial charge in [-0.25, -0.2) is 18.4 Å². The van der Waals surface area contributed by atoms with Crippen molar-refractivity contribution in [2.24, 2.45) is 0 Å². The van der Waals surface area contributed by atoms with Gasteiger partial charge in [-0.15, -0.1) is 0 Å². The third-order valence-electron chi connectivity index (χ3n) is 6.26. The number of phenolic OH excluding ortho intramolecular Hbond substituents is 1. The number of halogens is 5. The predicted molar refractivity (Wildman–Crippen MR) is 122 cm³/mol. The highest BCUT2D eigenvalue weighted by molar-refractivity contribution is 5.85. The number of hydrogen-bond donors (Lipinski definition) is 1. The molecule has 6 nitrogen and oxygen atoms in total. The zero-order chi connectivity index (χ0) is 25.6. The number of nitrogens with zero attached hydrogens (tertiary/aromatic N) is 4. The van der Waals surface area contributed by atoms with E-state index in [0.29, 0.717) is 42.7 Å². The summed E-state index contributed by atoms with van der Waals surface area (Å²) in [5, 5.41) is 14.4. The third kappa shape index (κ3) is 4.23. The van der Waals surface area contributed by atoms with Crippen LogP contribution in [0.15, 0.2) is 48.7 Å². The van der Waals surface area contributed by atoms with Gasteiger partial charge in [0.05, 0.1) is 42.2 Å². The van der Waals surface area contributed by atoms with E-state index in [9.17, 15) is 27.1 Å². The SMILES string of the molecule is Cc1nn(-c2cc(C(F)(F)F)c(F)c(O)c2F)c2cnc(N3CCOCC3Cc3ccccc3)cc12. The molecule has 188 valence electrons. The monoisotopic (exact) mass is 504 g/mol. The molecule has 36 heavy (non-hydrogen) atoms. The maximum absolute atomic E-state index is 14.7. The molecule has 1 unspecified atom stereocenters. The second kappa shape index (κ2) is 9.05. The lowest BCUT2D eigenvalue weighted by Crippen LogP contribution is -2.47. The van der Waals surface area contributed by atoms with Gasteiger partial charge in [-0.05, 0) is 31.0 Å². The zero-order valence-corrected chi connectivity index (χ0v) is 19.1. The summed E-state index contributed by atoms with van der Waals surface area (Å²) < 4.78 is 75.1. The minimum Gasteiger partial charge on any atom is -0.503 e. The molecule has 2 aromatic heterocycles. The maximum Gasteiger partial charge on any atom is 0.419 e. The molecule has 4 aromatic rings. The van der Waals surface area contributed by atoms with Crippen molar-refractivity contribution in [2.45, 2.75) is 25.6 Å². The van der Waals surface area contributed by atoms with Crippen LogP contribution >= 0.6 is 0 Å². The van der Waals surface area contributed by atoms with E-state index in [4.69, 9.17) is 4.74 Å². The van der Waals surface area contributed by atoms with Crippen molar-refractivity contribution in [1.29, 1.82) is 0 Å². The molecule has 0 spiro atoms. The van der Waals surface area contributed by atoms with Crippen LogP contribution in [0, 0.1) is 18.6 Å². The first kappa shape index (κ1) is 24.0. The Morgan fingerprint density at radius 1 is 1.11 bits per heavy atom. The Kier molecular flexibility index (Phi) is 6.03. The Bertz CT molecular complexity index is 1420. The van der Waals surface area contributed by atoms with Crippen LogP contribution in [0.5, 0.6) is 5.75 Å². The summed E-state index contributed by atoms with van der Waals surface area (Å²) in [5.74, 6) is -4.73. The van der Waals surface area contributed by atoms with Gasteiger partial charge < -0.3 is 14.7 Å². The quantitative estimate of drug-likeness (QED) is 0.388.